The summed E-state index contributed by atoms with van der Waals surface area (Å²) in [4.78, 5) is 14.4. The highest BCUT2D eigenvalue weighted by Gasteiger charge is 2.31. The standard InChI is InChI=1S/C12H22N2O/c1-2-10-6-3-4-9-14(10)12(15)11-7-5-8-13-11/h10-11,13H,2-9H2,1H3. The molecule has 0 spiro atoms. The highest BCUT2D eigenvalue weighted by atomic mass is 16.2. The van der Waals surface area contributed by atoms with Gasteiger partial charge in [-0.1, -0.05) is 6.92 Å². The van der Waals surface area contributed by atoms with Crippen LogP contribution in [0.5, 0.6) is 0 Å². The Balaban J connectivity index is 1.96. The lowest BCUT2D eigenvalue weighted by molar-refractivity contribution is -0.136. The zero-order valence-corrected chi connectivity index (χ0v) is 9.67. The molecule has 2 aliphatic rings. The Kier molecular flexibility index (Phi) is 3.62. The topological polar surface area (TPSA) is 32.3 Å². The van der Waals surface area contributed by atoms with E-state index in [1.807, 2.05) is 0 Å². The van der Waals surface area contributed by atoms with E-state index in [1.54, 1.807) is 0 Å². The summed E-state index contributed by atoms with van der Waals surface area (Å²) in [5, 5.41) is 3.31. The van der Waals surface area contributed by atoms with Gasteiger partial charge in [0.1, 0.15) is 0 Å². The number of hydrogen-bond acceptors (Lipinski definition) is 2. The van der Waals surface area contributed by atoms with Gasteiger partial charge in [0.15, 0.2) is 0 Å². The molecule has 2 rings (SSSR count). The van der Waals surface area contributed by atoms with Crippen LogP contribution in [-0.4, -0.2) is 36.0 Å². The highest BCUT2D eigenvalue weighted by Crippen LogP contribution is 2.21. The number of likely N-dealkylation sites (tertiary alicyclic amines) is 1. The first-order valence-corrected chi connectivity index (χ1v) is 6.36. The number of carbonyl (C=O) groups excluding carboxylic acids is 1. The quantitative estimate of drug-likeness (QED) is 0.749. The molecule has 2 fully saturated rings. The van der Waals surface area contributed by atoms with Gasteiger partial charge in [-0.2, -0.15) is 0 Å². The van der Waals surface area contributed by atoms with E-state index in [-0.39, 0.29) is 6.04 Å². The van der Waals surface area contributed by atoms with E-state index in [1.165, 1.54) is 19.3 Å². The molecular formula is C12H22N2O. The second kappa shape index (κ2) is 4.97. The molecule has 2 atom stereocenters. The minimum absolute atomic E-state index is 0.122. The number of amides is 1. The van der Waals surface area contributed by atoms with Gasteiger partial charge in [0.2, 0.25) is 5.91 Å². The molecular weight excluding hydrogens is 188 g/mol. The van der Waals surface area contributed by atoms with Crippen molar-refractivity contribution < 1.29 is 4.79 Å². The highest BCUT2D eigenvalue weighted by molar-refractivity contribution is 5.82. The SMILES string of the molecule is CCC1CCCCN1C(=O)C1CCCN1. The molecule has 0 aliphatic carbocycles. The van der Waals surface area contributed by atoms with Crippen LogP contribution in [0.15, 0.2) is 0 Å². The lowest BCUT2D eigenvalue weighted by Crippen LogP contribution is -2.50. The number of hydrogen-bond donors (Lipinski definition) is 1. The van der Waals surface area contributed by atoms with E-state index >= 15 is 0 Å². The van der Waals surface area contributed by atoms with Crippen molar-refractivity contribution in [2.75, 3.05) is 13.1 Å². The molecule has 0 bridgehead atoms. The van der Waals surface area contributed by atoms with E-state index in [9.17, 15) is 4.79 Å². The monoisotopic (exact) mass is 210 g/mol. The zero-order valence-electron chi connectivity index (χ0n) is 9.67. The van der Waals surface area contributed by atoms with Crippen molar-refractivity contribution in [2.24, 2.45) is 0 Å². The summed E-state index contributed by atoms with van der Waals surface area (Å²) in [6, 6.07) is 0.630. The van der Waals surface area contributed by atoms with Crippen LogP contribution in [0.2, 0.25) is 0 Å². The van der Waals surface area contributed by atoms with Crippen molar-refractivity contribution in [3.8, 4) is 0 Å². The van der Waals surface area contributed by atoms with Gasteiger partial charge in [0.25, 0.3) is 0 Å². The maximum absolute atomic E-state index is 12.2. The summed E-state index contributed by atoms with van der Waals surface area (Å²) >= 11 is 0. The second-order valence-electron chi connectivity index (χ2n) is 4.74. The van der Waals surface area contributed by atoms with Gasteiger partial charge in [0.05, 0.1) is 6.04 Å². The molecule has 2 aliphatic heterocycles. The average Bonchev–Trinajstić information content (AvgIpc) is 2.81. The minimum Gasteiger partial charge on any atom is -0.338 e. The molecule has 2 saturated heterocycles. The number of carbonyl (C=O) groups is 1. The third kappa shape index (κ3) is 2.33. The first-order chi connectivity index (χ1) is 7.33. The van der Waals surface area contributed by atoms with Crippen molar-refractivity contribution in [3.63, 3.8) is 0 Å². The first-order valence-electron chi connectivity index (χ1n) is 6.36. The maximum atomic E-state index is 12.2. The van der Waals surface area contributed by atoms with Crippen LogP contribution in [0.3, 0.4) is 0 Å². The molecule has 0 aromatic rings. The maximum Gasteiger partial charge on any atom is 0.239 e. The van der Waals surface area contributed by atoms with E-state index in [0.29, 0.717) is 11.9 Å². The Morgan fingerprint density at radius 2 is 2.20 bits per heavy atom. The zero-order chi connectivity index (χ0) is 10.7. The van der Waals surface area contributed by atoms with Crippen LogP contribution >= 0.6 is 0 Å². The van der Waals surface area contributed by atoms with Gasteiger partial charge in [-0.15, -0.1) is 0 Å². The predicted molar refractivity (Wildman–Crippen MR) is 60.7 cm³/mol. The van der Waals surface area contributed by atoms with Crippen LogP contribution in [0.25, 0.3) is 0 Å². The molecule has 1 amide bonds. The fourth-order valence-corrected chi connectivity index (χ4v) is 2.81. The number of rotatable bonds is 2. The van der Waals surface area contributed by atoms with Gasteiger partial charge >= 0.3 is 0 Å². The van der Waals surface area contributed by atoms with E-state index in [0.717, 1.165) is 32.4 Å². The first kappa shape index (κ1) is 10.9. The third-order valence-electron chi connectivity index (χ3n) is 3.74. The summed E-state index contributed by atoms with van der Waals surface area (Å²) in [7, 11) is 0. The molecule has 3 nitrogen and oxygen atoms in total. The normalized spacial score (nSPS) is 31.9. The van der Waals surface area contributed by atoms with Crippen molar-refractivity contribution in [3.05, 3.63) is 0 Å². The van der Waals surface area contributed by atoms with Gasteiger partial charge in [-0.05, 0) is 45.1 Å². The molecule has 0 saturated carbocycles. The molecule has 3 heteroatoms. The molecule has 86 valence electrons. The van der Waals surface area contributed by atoms with E-state index in [4.69, 9.17) is 0 Å². The smallest absolute Gasteiger partial charge is 0.239 e. The molecule has 2 unspecified atom stereocenters. The van der Waals surface area contributed by atoms with Crippen LogP contribution in [0, 0.1) is 0 Å². The van der Waals surface area contributed by atoms with Crippen molar-refractivity contribution in [2.45, 2.75) is 57.5 Å². The summed E-state index contributed by atoms with van der Waals surface area (Å²) < 4.78 is 0. The third-order valence-corrected chi connectivity index (χ3v) is 3.74. The van der Waals surface area contributed by atoms with Crippen LogP contribution in [-0.2, 0) is 4.79 Å². The molecule has 2 heterocycles. The molecule has 0 aromatic carbocycles. The van der Waals surface area contributed by atoms with E-state index < -0.39 is 0 Å². The molecule has 1 N–H and O–H groups in total. The summed E-state index contributed by atoms with van der Waals surface area (Å²) in [6.45, 7) is 4.19. The molecule has 15 heavy (non-hydrogen) atoms. The Morgan fingerprint density at radius 3 is 2.87 bits per heavy atom. The van der Waals surface area contributed by atoms with E-state index in [2.05, 4.69) is 17.1 Å². The number of nitrogens with one attached hydrogen (secondary N) is 1. The second-order valence-corrected chi connectivity index (χ2v) is 4.74. The van der Waals surface area contributed by atoms with Gasteiger partial charge in [0, 0.05) is 12.6 Å². The molecule has 0 radical (unpaired) electrons. The van der Waals surface area contributed by atoms with Crippen LogP contribution in [0.4, 0.5) is 0 Å². The number of nitrogens with zero attached hydrogens (tertiary/aromatic N) is 1. The fraction of sp³-hybridized carbons (Fsp3) is 0.917. The van der Waals surface area contributed by atoms with Gasteiger partial charge in [-0.3, -0.25) is 4.79 Å². The van der Waals surface area contributed by atoms with Crippen LogP contribution < -0.4 is 5.32 Å². The Morgan fingerprint density at radius 1 is 1.33 bits per heavy atom. The Bertz CT molecular complexity index is 224. The lowest BCUT2D eigenvalue weighted by Gasteiger charge is -2.36. The largest absolute Gasteiger partial charge is 0.338 e. The summed E-state index contributed by atoms with van der Waals surface area (Å²) in [5.41, 5.74) is 0. The Labute approximate surface area is 92.2 Å². The fourth-order valence-electron chi connectivity index (χ4n) is 2.81. The van der Waals surface area contributed by atoms with Crippen molar-refractivity contribution in [1.82, 2.24) is 10.2 Å². The van der Waals surface area contributed by atoms with Gasteiger partial charge in [-0.25, -0.2) is 0 Å². The number of piperidine rings is 1. The van der Waals surface area contributed by atoms with Gasteiger partial charge < -0.3 is 10.2 Å². The lowest BCUT2D eigenvalue weighted by atomic mass is 9.99. The van der Waals surface area contributed by atoms with Crippen molar-refractivity contribution >= 4 is 5.91 Å². The Hall–Kier alpha value is -0.570. The summed E-state index contributed by atoms with van der Waals surface area (Å²) in [5.74, 6) is 0.360. The molecule has 0 aromatic heterocycles. The average molecular weight is 210 g/mol. The summed E-state index contributed by atoms with van der Waals surface area (Å²) in [6.07, 6.45) is 6.98. The predicted octanol–water partition coefficient (Wildman–Crippen LogP) is 1.53. The minimum atomic E-state index is 0.122. The van der Waals surface area contributed by atoms with Crippen LogP contribution in [0.1, 0.15) is 45.4 Å². The van der Waals surface area contributed by atoms with Crippen molar-refractivity contribution in [1.29, 1.82) is 0 Å².